The molecule has 1 aliphatic heterocycles. The number of pyridine rings is 1. The van der Waals surface area contributed by atoms with Gasteiger partial charge in [-0.3, -0.25) is 9.88 Å². The lowest BCUT2D eigenvalue weighted by Gasteiger charge is -2.24. The van der Waals surface area contributed by atoms with Crippen LogP contribution >= 0.6 is 0 Å². The maximum Gasteiger partial charge on any atom is 0.204 e. The van der Waals surface area contributed by atoms with Crippen LogP contribution in [0.2, 0.25) is 0 Å². The van der Waals surface area contributed by atoms with E-state index in [1.807, 2.05) is 43.7 Å². The summed E-state index contributed by atoms with van der Waals surface area (Å²) in [4.78, 5) is 13.4. The fourth-order valence-corrected chi connectivity index (χ4v) is 3.17. The van der Waals surface area contributed by atoms with Gasteiger partial charge in [0.1, 0.15) is 0 Å². The third-order valence-corrected chi connectivity index (χ3v) is 4.26. The Morgan fingerprint density at radius 3 is 2.86 bits per heavy atom. The first kappa shape index (κ1) is 14.1. The molecule has 2 aromatic heterocycles. The highest BCUT2D eigenvalue weighted by Gasteiger charge is 2.27. The molecule has 0 N–H and O–H groups in total. The SMILES string of the molecule is CN(C)c1ncc(CN2CCCC2c2cccnc2)n1C. The van der Waals surface area contributed by atoms with Crippen molar-refractivity contribution in [2.24, 2.45) is 7.05 Å². The van der Waals surface area contributed by atoms with Gasteiger partial charge in [0, 0.05) is 46.1 Å². The molecular weight excluding hydrogens is 262 g/mol. The first-order chi connectivity index (χ1) is 10.2. The number of hydrogen-bond donors (Lipinski definition) is 0. The highest BCUT2D eigenvalue weighted by molar-refractivity contribution is 5.31. The van der Waals surface area contributed by atoms with Crippen molar-refractivity contribution in [2.45, 2.75) is 25.4 Å². The Balaban J connectivity index is 1.78. The second-order valence-corrected chi connectivity index (χ2v) is 5.92. The monoisotopic (exact) mass is 285 g/mol. The number of rotatable bonds is 4. The summed E-state index contributed by atoms with van der Waals surface area (Å²) in [6, 6.07) is 4.70. The number of imidazole rings is 1. The first-order valence-electron chi connectivity index (χ1n) is 7.48. The third kappa shape index (κ3) is 2.78. The molecule has 1 unspecified atom stereocenters. The predicted octanol–water partition coefficient (Wildman–Crippen LogP) is 2.22. The van der Waals surface area contributed by atoms with E-state index in [-0.39, 0.29) is 0 Å². The molecule has 0 aliphatic carbocycles. The summed E-state index contributed by atoms with van der Waals surface area (Å²) in [5.74, 6) is 1.00. The van der Waals surface area contributed by atoms with Gasteiger partial charge in [0.05, 0.1) is 11.9 Å². The molecule has 3 rings (SSSR count). The van der Waals surface area contributed by atoms with Crippen LogP contribution in [0.1, 0.15) is 30.1 Å². The van der Waals surface area contributed by atoms with Crippen molar-refractivity contribution < 1.29 is 0 Å². The van der Waals surface area contributed by atoms with E-state index >= 15 is 0 Å². The second-order valence-electron chi connectivity index (χ2n) is 5.92. The molecule has 0 aromatic carbocycles. The van der Waals surface area contributed by atoms with Crippen molar-refractivity contribution in [1.82, 2.24) is 19.4 Å². The average Bonchev–Trinajstić information content (AvgIpc) is 3.08. The van der Waals surface area contributed by atoms with Crippen LogP contribution in [0, 0.1) is 0 Å². The standard InChI is InChI=1S/C16H23N5/c1-19(2)16-18-11-14(20(16)3)12-21-9-5-7-15(21)13-6-4-8-17-10-13/h4,6,8,10-11,15H,5,7,9,12H2,1-3H3. The number of anilines is 1. The van der Waals surface area contributed by atoms with Gasteiger partial charge in [0.25, 0.3) is 0 Å². The number of aromatic nitrogens is 3. The lowest BCUT2D eigenvalue weighted by molar-refractivity contribution is 0.243. The van der Waals surface area contributed by atoms with Gasteiger partial charge in [0.15, 0.2) is 0 Å². The maximum absolute atomic E-state index is 4.50. The quantitative estimate of drug-likeness (QED) is 0.863. The normalized spacial score (nSPS) is 19.1. The van der Waals surface area contributed by atoms with E-state index in [0.29, 0.717) is 6.04 Å². The summed E-state index contributed by atoms with van der Waals surface area (Å²) < 4.78 is 2.18. The van der Waals surface area contributed by atoms with E-state index in [2.05, 4.69) is 32.5 Å². The number of nitrogens with zero attached hydrogens (tertiary/aromatic N) is 5. The van der Waals surface area contributed by atoms with Gasteiger partial charge in [0.2, 0.25) is 5.95 Å². The molecule has 21 heavy (non-hydrogen) atoms. The smallest absolute Gasteiger partial charge is 0.204 e. The minimum atomic E-state index is 0.483. The number of hydrogen-bond acceptors (Lipinski definition) is 4. The molecule has 1 saturated heterocycles. The van der Waals surface area contributed by atoms with Crippen LogP contribution in [0.25, 0.3) is 0 Å². The summed E-state index contributed by atoms with van der Waals surface area (Å²) in [7, 11) is 6.15. The molecule has 2 aromatic rings. The molecule has 5 heteroatoms. The Bertz CT molecular complexity index is 590. The summed E-state index contributed by atoms with van der Waals surface area (Å²) in [6.45, 7) is 2.08. The van der Waals surface area contributed by atoms with Gasteiger partial charge in [-0.15, -0.1) is 0 Å². The average molecular weight is 285 g/mol. The summed E-state index contributed by atoms with van der Waals surface area (Å²) >= 11 is 0. The van der Waals surface area contributed by atoms with E-state index in [4.69, 9.17) is 0 Å². The van der Waals surface area contributed by atoms with Crippen molar-refractivity contribution in [3.63, 3.8) is 0 Å². The molecule has 1 atom stereocenters. The molecule has 112 valence electrons. The van der Waals surface area contributed by atoms with Crippen LogP contribution < -0.4 is 4.90 Å². The molecule has 1 aliphatic rings. The van der Waals surface area contributed by atoms with E-state index in [1.54, 1.807) is 0 Å². The molecule has 1 fully saturated rings. The van der Waals surface area contributed by atoms with Crippen LogP contribution in [-0.4, -0.2) is 40.1 Å². The van der Waals surface area contributed by atoms with Gasteiger partial charge in [-0.25, -0.2) is 4.98 Å². The Kier molecular flexibility index (Phi) is 3.92. The van der Waals surface area contributed by atoms with Crippen molar-refractivity contribution in [1.29, 1.82) is 0 Å². The largest absolute Gasteiger partial charge is 0.348 e. The van der Waals surface area contributed by atoms with Crippen LogP contribution in [0.4, 0.5) is 5.95 Å². The summed E-state index contributed by atoms with van der Waals surface area (Å²) in [5.41, 5.74) is 2.58. The molecule has 0 saturated carbocycles. The van der Waals surface area contributed by atoms with Crippen molar-refractivity contribution in [3.05, 3.63) is 42.0 Å². The maximum atomic E-state index is 4.50. The predicted molar refractivity (Wildman–Crippen MR) is 84.2 cm³/mol. The van der Waals surface area contributed by atoms with Gasteiger partial charge in [-0.05, 0) is 31.0 Å². The van der Waals surface area contributed by atoms with Crippen molar-refractivity contribution in [2.75, 3.05) is 25.5 Å². The fraction of sp³-hybridized carbons (Fsp3) is 0.500. The third-order valence-electron chi connectivity index (χ3n) is 4.26. The van der Waals surface area contributed by atoms with E-state index in [1.165, 1.54) is 24.1 Å². The molecule has 0 spiro atoms. The van der Waals surface area contributed by atoms with Crippen LogP contribution in [0.3, 0.4) is 0 Å². The summed E-state index contributed by atoms with van der Waals surface area (Å²) in [5, 5.41) is 0. The Morgan fingerprint density at radius 2 is 2.19 bits per heavy atom. The lowest BCUT2D eigenvalue weighted by Crippen LogP contribution is -2.24. The topological polar surface area (TPSA) is 37.2 Å². The minimum Gasteiger partial charge on any atom is -0.348 e. The Labute approximate surface area is 126 Å². The zero-order valence-corrected chi connectivity index (χ0v) is 13.0. The van der Waals surface area contributed by atoms with E-state index in [0.717, 1.165) is 19.0 Å². The zero-order valence-electron chi connectivity index (χ0n) is 13.0. The lowest BCUT2D eigenvalue weighted by atomic mass is 10.1. The molecular formula is C16H23N5. The Morgan fingerprint density at radius 1 is 1.33 bits per heavy atom. The molecule has 0 radical (unpaired) electrons. The molecule has 5 nitrogen and oxygen atoms in total. The van der Waals surface area contributed by atoms with E-state index < -0.39 is 0 Å². The number of likely N-dealkylation sites (tertiary alicyclic amines) is 1. The van der Waals surface area contributed by atoms with Crippen molar-refractivity contribution in [3.8, 4) is 0 Å². The van der Waals surface area contributed by atoms with Crippen LogP contribution in [0.15, 0.2) is 30.7 Å². The van der Waals surface area contributed by atoms with Gasteiger partial charge in [-0.1, -0.05) is 6.07 Å². The van der Waals surface area contributed by atoms with Crippen LogP contribution in [0.5, 0.6) is 0 Å². The van der Waals surface area contributed by atoms with Gasteiger partial charge in [-0.2, -0.15) is 0 Å². The Hall–Kier alpha value is -1.88. The minimum absolute atomic E-state index is 0.483. The van der Waals surface area contributed by atoms with Gasteiger partial charge < -0.3 is 9.47 Å². The summed E-state index contributed by atoms with van der Waals surface area (Å²) in [6.07, 6.45) is 8.29. The highest BCUT2D eigenvalue weighted by Crippen LogP contribution is 2.32. The second kappa shape index (κ2) is 5.85. The first-order valence-corrected chi connectivity index (χ1v) is 7.48. The molecule has 3 heterocycles. The van der Waals surface area contributed by atoms with Gasteiger partial charge >= 0.3 is 0 Å². The zero-order chi connectivity index (χ0) is 14.8. The van der Waals surface area contributed by atoms with Crippen molar-refractivity contribution >= 4 is 5.95 Å². The molecule has 0 bridgehead atoms. The highest BCUT2D eigenvalue weighted by atomic mass is 15.3. The fourth-order valence-electron chi connectivity index (χ4n) is 3.17. The van der Waals surface area contributed by atoms with Crippen LogP contribution in [-0.2, 0) is 13.6 Å². The van der Waals surface area contributed by atoms with E-state index in [9.17, 15) is 0 Å². The molecule has 0 amide bonds.